The van der Waals surface area contributed by atoms with E-state index in [-0.39, 0.29) is 18.8 Å². The Bertz CT molecular complexity index is 410. The van der Waals surface area contributed by atoms with Gasteiger partial charge in [-0.2, -0.15) is 0 Å². The van der Waals surface area contributed by atoms with E-state index in [1.54, 1.807) is 0 Å². The first-order chi connectivity index (χ1) is 9.66. The largest absolute Gasteiger partial charge is 0.491 e. The van der Waals surface area contributed by atoms with E-state index in [0.717, 1.165) is 37.0 Å². The molecule has 3 atom stereocenters. The summed E-state index contributed by atoms with van der Waals surface area (Å²) >= 11 is 0. The van der Waals surface area contributed by atoms with Gasteiger partial charge in [0.1, 0.15) is 18.5 Å². The summed E-state index contributed by atoms with van der Waals surface area (Å²) < 4.78 is 5.61. The van der Waals surface area contributed by atoms with Crippen LogP contribution in [0.3, 0.4) is 0 Å². The Hall–Kier alpha value is -1.10. The van der Waals surface area contributed by atoms with Gasteiger partial charge >= 0.3 is 0 Å². The lowest BCUT2D eigenvalue weighted by Gasteiger charge is -2.29. The van der Waals surface area contributed by atoms with Gasteiger partial charge in [0.05, 0.1) is 6.10 Å². The predicted molar refractivity (Wildman–Crippen MR) is 78.9 cm³/mol. The van der Waals surface area contributed by atoms with E-state index in [1.165, 1.54) is 0 Å². The molecular weight excluding hydrogens is 254 g/mol. The zero-order valence-electron chi connectivity index (χ0n) is 12.1. The van der Waals surface area contributed by atoms with Gasteiger partial charge in [-0.15, -0.1) is 0 Å². The fraction of sp³-hybridized carbons (Fsp3) is 0.625. The predicted octanol–water partition coefficient (Wildman–Crippen LogP) is 1.63. The molecular formula is C16H25NO3. The number of para-hydroxylation sites is 1. The van der Waals surface area contributed by atoms with Crippen molar-refractivity contribution in [1.82, 2.24) is 5.32 Å². The molecule has 1 saturated carbocycles. The Morgan fingerprint density at radius 1 is 1.30 bits per heavy atom. The number of hydrogen-bond donors (Lipinski definition) is 3. The van der Waals surface area contributed by atoms with Crippen LogP contribution in [0.1, 0.15) is 31.2 Å². The molecule has 0 heterocycles. The molecule has 0 spiro atoms. The second kappa shape index (κ2) is 7.62. The molecule has 1 fully saturated rings. The van der Waals surface area contributed by atoms with Gasteiger partial charge in [0.25, 0.3) is 0 Å². The minimum atomic E-state index is -0.566. The molecule has 0 aliphatic heterocycles. The highest BCUT2D eigenvalue weighted by molar-refractivity contribution is 5.31. The second-order valence-corrected chi connectivity index (χ2v) is 5.60. The van der Waals surface area contributed by atoms with Crippen LogP contribution in [0.2, 0.25) is 0 Å². The van der Waals surface area contributed by atoms with Crippen molar-refractivity contribution < 1.29 is 14.9 Å². The molecule has 1 aromatic rings. The van der Waals surface area contributed by atoms with Gasteiger partial charge in [0, 0.05) is 12.6 Å². The van der Waals surface area contributed by atoms with E-state index >= 15 is 0 Å². The van der Waals surface area contributed by atoms with Crippen LogP contribution in [-0.4, -0.2) is 41.6 Å². The Morgan fingerprint density at radius 3 is 2.80 bits per heavy atom. The molecule has 0 bridgehead atoms. The summed E-state index contributed by atoms with van der Waals surface area (Å²) in [4.78, 5) is 0. The van der Waals surface area contributed by atoms with Crippen LogP contribution in [0.4, 0.5) is 0 Å². The summed E-state index contributed by atoms with van der Waals surface area (Å²) in [5, 5.41) is 23.0. The van der Waals surface area contributed by atoms with Crippen molar-refractivity contribution in [1.29, 1.82) is 0 Å². The molecule has 1 aliphatic carbocycles. The molecule has 2 rings (SSSR count). The zero-order valence-corrected chi connectivity index (χ0v) is 12.1. The van der Waals surface area contributed by atoms with Gasteiger partial charge in [-0.1, -0.05) is 31.0 Å². The third-order valence-corrected chi connectivity index (χ3v) is 3.87. The van der Waals surface area contributed by atoms with Crippen LogP contribution in [0, 0.1) is 6.92 Å². The zero-order chi connectivity index (χ0) is 14.4. The first-order valence-electron chi connectivity index (χ1n) is 7.45. The third kappa shape index (κ3) is 4.47. The summed E-state index contributed by atoms with van der Waals surface area (Å²) in [7, 11) is 0. The molecule has 0 amide bonds. The van der Waals surface area contributed by atoms with E-state index in [2.05, 4.69) is 5.32 Å². The molecule has 112 valence electrons. The summed E-state index contributed by atoms with van der Waals surface area (Å²) in [6.45, 7) is 2.70. The van der Waals surface area contributed by atoms with Crippen LogP contribution in [0.15, 0.2) is 24.3 Å². The number of aliphatic hydroxyl groups is 2. The molecule has 3 N–H and O–H groups in total. The van der Waals surface area contributed by atoms with E-state index < -0.39 is 6.10 Å². The number of aryl methyl sites for hydroxylation is 1. The molecule has 4 nitrogen and oxygen atoms in total. The molecule has 0 radical (unpaired) electrons. The minimum Gasteiger partial charge on any atom is -0.491 e. The monoisotopic (exact) mass is 279 g/mol. The molecule has 4 heteroatoms. The first kappa shape index (κ1) is 15.3. The van der Waals surface area contributed by atoms with Gasteiger partial charge < -0.3 is 20.3 Å². The van der Waals surface area contributed by atoms with Crippen LogP contribution < -0.4 is 10.1 Å². The topological polar surface area (TPSA) is 61.7 Å². The maximum absolute atomic E-state index is 9.95. The van der Waals surface area contributed by atoms with Crippen molar-refractivity contribution in [2.75, 3.05) is 13.2 Å². The third-order valence-electron chi connectivity index (χ3n) is 3.87. The summed E-state index contributed by atoms with van der Waals surface area (Å²) in [6.07, 6.45) is 3.22. The van der Waals surface area contributed by atoms with Crippen molar-refractivity contribution in [2.24, 2.45) is 0 Å². The van der Waals surface area contributed by atoms with Gasteiger partial charge in [0.15, 0.2) is 0 Å². The maximum Gasteiger partial charge on any atom is 0.122 e. The Morgan fingerprint density at radius 2 is 2.05 bits per heavy atom. The van der Waals surface area contributed by atoms with Crippen LogP contribution in [-0.2, 0) is 0 Å². The second-order valence-electron chi connectivity index (χ2n) is 5.60. The smallest absolute Gasteiger partial charge is 0.122 e. The molecule has 1 aliphatic rings. The van der Waals surface area contributed by atoms with E-state index in [4.69, 9.17) is 4.74 Å². The van der Waals surface area contributed by atoms with E-state index in [0.29, 0.717) is 6.54 Å². The van der Waals surface area contributed by atoms with Crippen molar-refractivity contribution in [2.45, 2.75) is 50.9 Å². The summed E-state index contributed by atoms with van der Waals surface area (Å²) in [5.74, 6) is 0.809. The van der Waals surface area contributed by atoms with Crippen LogP contribution in [0.5, 0.6) is 5.75 Å². The minimum absolute atomic E-state index is 0.108. The highest BCUT2D eigenvalue weighted by atomic mass is 16.5. The van der Waals surface area contributed by atoms with E-state index in [1.807, 2.05) is 31.2 Å². The molecule has 0 saturated heterocycles. The number of aliphatic hydroxyl groups excluding tert-OH is 2. The average molecular weight is 279 g/mol. The average Bonchev–Trinajstić information content (AvgIpc) is 2.45. The van der Waals surface area contributed by atoms with E-state index in [9.17, 15) is 10.2 Å². The summed E-state index contributed by atoms with van der Waals surface area (Å²) in [6, 6.07) is 7.88. The summed E-state index contributed by atoms with van der Waals surface area (Å²) in [5.41, 5.74) is 1.07. The van der Waals surface area contributed by atoms with Crippen molar-refractivity contribution >= 4 is 0 Å². The van der Waals surface area contributed by atoms with Crippen LogP contribution >= 0.6 is 0 Å². The highest BCUT2D eigenvalue weighted by Gasteiger charge is 2.23. The molecule has 3 unspecified atom stereocenters. The fourth-order valence-corrected chi connectivity index (χ4v) is 2.60. The molecule has 20 heavy (non-hydrogen) atoms. The lowest BCUT2D eigenvalue weighted by molar-refractivity contribution is 0.0672. The normalized spacial score (nSPS) is 24.4. The number of benzene rings is 1. The molecule has 1 aromatic carbocycles. The SMILES string of the molecule is Cc1ccccc1OCC(O)CNC1CCCCC1O. The quantitative estimate of drug-likeness (QED) is 0.740. The maximum atomic E-state index is 9.95. The van der Waals surface area contributed by atoms with Crippen molar-refractivity contribution in [3.05, 3.63) is 29.8 Å². The first-order valence-corrected chi connectivity index (χ1v) is 7.45. The number of hydrogen-bond acceptors (Lipinski definition) is 4. The molecule has 0 aromatic heterocycles. The van der Waals surface area contributed by atoms with Crippen molar-refractivity contribution in [3.63, 3.8) is 0 Å². The lowest BCUT2D eigenvalue weighted by Crippen LogP contribution is -2.45. The number of rotatable bonds is 6. The van der Waals surface area contributed by atoms with Crippen molar-refractivity contribution in [3.8, 4) is 5.75 Å². The highest BCUT2D eigenvalue weighted by Crippen LogP contribution is 2.18. The Balaban J connectivity index is 1.70. The Labute approximate surface area is 120 Å². The van der Waals surface area contributed by atoms with Gasteiger partial charge in [-0.25, -0.2) is 0 Å². The number of nitrogens with one attached hydrogen (secondary N) is 1. The van der Waals surface area contributed by atoms with Gasteiger partial charge in [0.2, 0.25) is 0 Å². The van der Waals surface area contributed by atoms with Gasteiger partial charge in [-0.05, 0) is 31.4 Å². The standard InChI is InChI=1S/C16H25NO3/c1-12-6-2-5-9-16(12)20-11-13(18)10-17-14-7-3-4-8-15(14)19/h2,5-6,9,13-15,17-19H,3-4,7-8,10-11H2,1H3. The number of ether oxygens (including phenoxy) is 1. The fourth-order valence-electron chi connectivity index (χ4n) is 2.60. The lowest BCUT2D eigenvalue weighted by atomic mass is 9.92. The van der Waals surface area contributed by atoms with Crippen LogP contribution in [0.25, 0.3) is 0 Å². The Kier molecular flexibility index (Phi) is 5.83. The van der Waals surface area contributed by atoms with Gasteiger partial charge in [-0.3, -0.25) is 0 Å².